The fourth-order valence-electron chi connectivity index (χ4n) is 3.30. The number of ketones is 1. The number of Topliss-reactive ketones (excluding diaryl/α,β-unsaturated/α-hetero) is 1. The Bertz CT molecular complexity index is 947. The molecule has 33 heavy (non-hydrogen) atoms. The number of alkyl halides is 2. The Hall–Kier alpha value is -2.76. The van der Waals surface area contributed by atoms with E-state index in [-0.39, 0.29) is 40.9 Å². The lowest BCUT2D eigenvalue weighted by molar-refractivity contribution is -0.135. The number of aromatic nitrogens is 2. The van der Waals surface area contributed by atoms with Gasteiger partial charge in [0, 0.05) is 42.7 Å². The van der Waals surface area contributed by atoms with E-state index in [9.17, 15) is 18.4 Å². The van der Waals surface area contributed by atoms with Crippen LogP contribution in [0.2, 0.25) is 5.02 Å². The molecule has 1 amide bonds. The third-order valence-electron chi connectivity index (χ3n) is 4.92. The van der Waals surface area contributed by atoms with Gasteiger partial charge in [0.25, 0.3) is 0 Å². The van der Waals surface area contributed by atoms with Gasteiger partial charge in [-0.2, -0.15) is 13.9 Å². The molecule has 4 rings (SSSR count). The minimum atomic E-state index is -3.02. The number of ether oxygens (including phenoxy) is 3. The molecule has 1 aromatic heterocycles. The van der Waals surface area contributed by atoms with Gasteiger partial charge >= 0.3 is 6.61 Å². The average Bonchev–Trinajstić information content (AvgIpc) is 3.16. The first-order valence-electron chi connectivity index (χ1n) is 10.4. The quantitative estimate of drug-likeness (QED) is 0.691. The molecule has 2 fully saturated rings. The van der Waals surface area contributed by atoms with Crippen molar-refractivity contribution >= 4 is 29.0 Å². The lowest BCUT2D eigenvalue weighted by Crippen LogP contribution is -2.40. The van der Waals surface area contributed by atoms with E-state index < -0.39 is 6.61 Å². The average molecular weight is 487 g/mol. The number of piperidine rings is 1. The molecule has 0 atom stereocenters. The highest BCUT2D eigenvalue weighted by Gasteiger charge is 2.22. The summed E-state index contributed by atoms with van der Waals surface area (Å²) in [6, 6.07) is 4.13. The van der Waals surface area contributed by atoms with Crippen LogP contribution in [0.5, 0.6) is 5.75 Å². The fourth-order valence-corrected chi connectivity index (χ4v) is 3.47. The topological polar surface area (TPSA) is 109 Å². The Morgan fingerprint density at radius 2 is 1.82 bits per heavy atom. The van der Waals surface area contributed by atoms with Gasteiger partial charge in [-0.3, -0.25) is 14.3 Å². The summed E-state index contributed by atoms with van der Waals surface area (Å²) in [5.74, 6) is -0.184. The fraction of sp³-hybridized carbons (Fsp3) is 0.476. The normalized spacial score (nSPS) is 16.4. The molecule has 0 radical (unpaired) electrons. The van der Waals surface area contributed by atoms with Crippen molar-refractivity contribution < 1.29 is 32.6 Å². The van der Waals surface area contributed by atoms with Crippen LogP contribution in [0.3, 0.4) is 0 Å². The van der Waals surface area contributed by atoms with Crippen molar-refractivity contribution in [2.24, 2.45) is 0 Å². The standard InChI is InChI=1S/C17H17ClF2N4O3.C4H8O2/c18-10-1-2-14(27-17(19)20)12(7-10)16-13(21)8-24(22-16)9-15(26)23-5-3-11(25)4-6-23;1-2-6-4-3-5-1/h1-2,7-8,17H,3-6,9,21H2;1-4H2. The SMILES string of the molecule is C1COCCO1.Nc1cn(CC(=O)N2CCC(=O)CC2)nc1-c1cc(Cl)ccc1OC(F)F. The highest BCUT2D eigenvalue weighted by molar-refractivity contribution is 6.31. The van der Waals surface area contributed by atoms with E-state index in [1.165, 1.54) is 29.1 Å². The Labute approximate surface area is 194 Å². The highest BCUT2D eigenvalue weighted by atomic mass is 35.5. The summed E-state index contributed by atoms with van der Waals surface area (Å²) >= 11 is 5.95. The number of nitrogen functional groups attached to an aromatic ring is 1. The van der Waals surface area contributed by atoms with Crippen LogP contribution in [0.25, 0.3) is 11.3 Å². The van der Waals surface area contributed by atoms with Crippen molar-refractivity contribution in [2.75, 3.05) is 45.3 Å². The lowest BCUT2D eigenvalue weighted by atomic mass is 10.1. The number of likely N-dealkylation sites (tertiary alicyclic amines) is 1. The summed E-state index contributed by atoms with van der Waals surface area (Å²) in [7, 11) is 0. The van der Waals surface area contributed by atoms with Crippen LogP contribution in [0.15, 0.2) is 24.4 Å². The molecule has 2 aliphatic rings. The Morgan fingerprint density at radius 1 is 1.18 bits per heavy atom. The third kappa shape index (κ3) is 7.37. The highest BCUT2D eigenvalue weighted by Crippen LogP contribution is 2.35. The van der Waals surface area contributed by atoms with E-state index in [0.29, 0.717) is 31.0 Å². The van der Waals surface area contributed by atoms with Crippen LogP contribution >= 0.6 is 11.6 Å². The molecule has 1 aromatic carbocycles. The number of carbonyl (C=O) groups is 2. The van der Waals surface area contributed by atoms with Crippen molar-refractivity contribution in [2.45, 2.75) is 26.0 Å². The molecular formula is C21H25ClF2N4O5. The Kier molecular flexibility index (Phi) is 8.98. The van der Waals surface area contributed by atoms with Crippen molar-refractivity contribution in [3.8, 4) is 17.0 Å². The number of benzene rings is 1. The summed E-state index contributed by atoms with van der Waals surface area (Å²) in [4.78, 5) is 25.2. The minimum absolute atomic E-state index is 0.0794. The molecule has 0 unspecified atom stereocenters. The van der Waals surface area contributed by atoms with Crippen LogP contribution in [0, 0.1) is 0 Å². The van der Waals surface area contributed by atoms with Gasteiger partial charge in [-0.05, 0) is 18.2 Å². The van der Waals surface area contributed by atoms with Gasteiger partial charge in [0.05, 0.1) is 32.1 Å². The largest absolute Gasteiger partial charge is 0.434 e. The first-order chi connectivity index (χ1) is 15.8. The summed E-state index contributed by atoms with van der Waals surface area (Å²) in [6.07, 6.45) is 2.12. The Balaban J connectivity index is 0.000000442. The van der Waals surface area contributed by atoms with Gasteiger partial charge in [0.2, 0.25) is 5.91 Å². The van der Waals surface area contributed by atoms with Gasteiger partial charge in [0.1, 0.15) is 23.8 Å². The first kappa shape index (κ1) is 24.9. The van der Waals surface area contributed by atoms with Gasteiger partial charge < -0.3 is 24.8 Å². The van der Waals surface area contributed by atoms with Crippen LogP contribution in [-0.4, -0.2) is 72.5 Å². The van der Waals surface area contributed by atoms with Gasteiger partial charge in [-0.15, -0.1) is 0 Å². The van der Waals surface area contributed by atoms with Crippen molar-refractivity contribution in [1.29, 1.82) is 0 Å². The molecule has 12 heteroatoms. The van der Waals surface area contributed by atoms with Gasteiger partial charge in [0.15, 0.2) is 0 Å². The molecule has 0 bridgehead atoms. The minimum Gasteiger partial charge on any atom is -0.434 e. The first-order valence-corrected chi connectivity index (χ1v) is 10.7. The second kappa shape index (κ2) is 11.9. The number of nitrogens with zero attached hydrogens (tertiary/aromatic N) is 3. The maximum atomic E-state index is 12.6. The number of nitrogens with two attached hydrogens (primary N) is 1. The van der Waals surface area contributed by atoms with Crippen LogP contribution in [-0.2, 0) is 25.6 Å². The molecule has 2 saturated heterocycles. The number of hydrogen-bond acceptors (Lipinski definition) is 7. The number of rotatable bonds is 5. The zero-order valence-electron chi connectivity index (χ0n) is 17.8. The van der Waals surface area contributed by atoms with Crippen LogP contribution in [0.1, 0.15) is 12.8 Å². The van der Waals surface area contributed by atoms with E-state index in [4.69, 9.17) is 26.8 Å². The number of halogens is 3. The van der Waals surface area contributed by atoms with E-state index in [2.05, 4.69) is 9.84 Å². The van der Waals surface area contributed by atoms with E-state index in [1.54, 1.807) is 4.90 Å². The summed E-state index contributed by atoms with van der Waals surface area (Å²) < 4.78 is 41.0. The number of hydrogen-bond donors (Lipinski definition) is 1. The molecule has 2 aromatic rings. The zero-order valence-corrected chi connectivity index (χ0v) is 18.6. The third-order valence-corrected chi connectivity index (χ3v) is 5.15. The second-order valence-electron chi connectivity index (χ2n) is 7.29. The lowest BCUT2D eigenvalue weighted by Gasteiger charge is -2.25. The summed E-state index contributed by atoms with van der Waals surface area (Å²) in [6.45, 7) is 0.769. The number of anilines is 1. The number of carbonyl (C=O) groups excluding carboxylic acids is 2. The van der Waals surface area contributed by atoms with E-state index in [0.717, 1.165) is 26.4 Å². The van der Waals surface area contributed by atoms with Crippen molar-refractivity contribution in [1.82, 2.24) is 14.7 Å². The molecule has 0 spiro atoms. The van der Waals surface area contributed by atoms with Gasteiger partial charge in [-0.25, -0.2) is 0 Å². The Morgan fingerprint density at radius 3 is 2.39 bits per heavy atom. The molecule has 2 N–H and O–H groups in total. The second-order valence-corrected chi connectivity index (χ2v) is 7.73. The van der Waals surface area contributed by atoms with Crippen molar-refractivity contribution in [3.05, 3.63) is 29.4 Å². The predicted octanol–water partition coefficient (Wildman–Crippen LogP) is 2.61. The van der Waals surface area contributed by atoms with E-state index in [1.807, 2.05) is 0 Å². The maximum Gasteiger partial charge on any atom is 0.387 e. The van der Waals surface area contributed by atoms with Gasteiger partial charge in [-0.1, -0.05) is 11.6 Å². The predicted molar refractivity (Wildman–Crippen MR) is 116 cm³/mol. The molecule has 180 valence electrons. The molecule has 0 aliphatic carbocycles. The summed E-state index contributed by atoms with van der Waals surface area (Å²) in [5.41, 5.74) is 6.54. The van der Waals surface area contributed by atoms with Crippen LogP contribution < -0.4 is 10.5 Å². The maximum absolute atomic E-state index is 12.6. The zero-order chi connectivity index (χ0) is 23.8. The molecule has 9 nitrogen and oxygen atoms in total. The molecule has 0 saturated carbocycles. The molecule has 3 heterocycles. The molecular weight excluding hydrogens is 462 g/mol. The van der Waals surface area contributed by atoms with E-state index >= 15 is 0 Å². The molecule has 2 aliphatic heterocycles. The van der Waals surface area contributed by atoms with Crippen LogP contribution in [0.4, 0.5) is 14.5 Å². The monoisotopic (exact) mass is 486 g/mol. The van der Waals surface area contributed by atoms with Crippen molar-refractivity contribution in [3.63, 3.8) is 0 Å². The smallest absolute Gasteiger partial charge is 0.387 e. The summed E-state index contributed by atoms with van der Waals surface area (Å²) in [5, 5.41) is 4.53. The number of amides is 1.